The molecule has 77 heavy (non-hydrogen) atoms. The van der Waals surface area contributed by atoms with Crippen LogP contribution >= 0.6 is 23.5 Å². The van der Waals surface area contributed by atoms with Crippen molar-refractivity contribution in [1.29, 1.82) is 0 Å². The molecule has 4 aliphatic heterocycles. The van der Waals surface area contributed by atoms with Gasteiger partial charge in [-0.3, -0.25) is 48.3 Å². The van der Waals surface area contributed by atoms with E-state index in [0.717, 1.165) is 5.56 Å². The molecule has 0 radical (unpaired) electrons. The third kappa shape index (κ3) is 14.9. The summed E-state index contributed by atoms with van der Waals surface area (Å²) < 4.78 is 6.06. The molecule has 19 nitrogen and oxygen atoms in total. The molecule has 0 aliphatic carbocycles. The third-order valence-electron chi connectivity index (χ3n) is 15.0. The molecule has 4 aliphatic rings. The van der Waals surface area contributed by atoms with Crippen LogP contribution in [0.1, 0.15) is 92.2 Å². The van der Waals surface area contributed by atoms with Crippen molar-refractivity contribution in [2.24, 2.45) is 27.7 Å². The Balaban J connectivity index is 1.38. The van der Waals surface area contributed by atoms with Gasteiger partial charge >= 0.3 is 5.97 Å². The van der Waals surface area contributed by atoms with Crippen LogP contribution in [-0.2, 0) is 55.9 Å². The molecule has 4 N–H and O–H groups in total. The van der Waals surface area contributed by atoms with Crippen LogP contribution in [0.15, 0.2) is 70.6 Å². The molecule has 6 rings (SSSR count). The minimum absolute atomic E-state index is 0.0397. The first-order valence-corrected chi connectivity index (χ1v) is 28.9. The van der Waals surface area contributed by atoms with Crippen molar-refractivity contribution in [3.05, 3.63) is 71.8 Å². The van der Waals surface area contributed by atoms with Gasteiger partial charge in [-0.25, -0.2) is 0 Å². The second-order valence-electron chi connectivity index (χ2n) is 21.6. The zero-order valence-electron chi connectivity index (χ0n) is 46.3. The van der Waals surface area contributed by atoms with Crippen LogP contribution in [-0.4, -0.2) is 188 Å². The number of nitrogens with zero attached hydrogens (tertiary/aromatic N) is 6. The zero-order valence-corrected chi connectivity index (χ0v) is 48.0. The summed E-state index contributed by atoms with van der Waals surface area (Å²) >= 11 is 2.75. The Labute approximate surface area is 461 Å². The van der Waals surface area contributed by atoms with Gasteiger partial charge in [0.25, 0.3) is 5.91 Å². The summed E-state index contributed by atoms with van der Waals surface area (Å²) in [6.07, 6.45) is -0.871. The number of aliphatic hydroxyl groups is 1. The lowest BCUT2D eigenvalue weighted by atomic mass is 9.98. The maximum Gasteiger partial charge on any atom is 0.311 e. The Hall–Kier alpha value is -5.80. The normalized spacial score (nSPS) is 29.6. The van der Waals surface area contributed by atoms with Crippen molar-refractivity contribution in [1.82, 2.24) is 35.6 Å². The summed E-state index contributed by atoms with van der Waals surface area (Å²) in [7, 11) is 4.70. The number of esters is 1. The molecular formula is C56H79N9O10S2. The third-order valence-corrected chi connectivity index (χ3v) is 17.3. The minimum Gasteiger partial charge on any atom is -0.452 e. The number of aliphatic hydroxyl groups excluding tert-OH is 1. The van der Waals surface area contributed by atoms with Crippen LogP contribution in [0.3, 0.4) is 0 Å². The lowest BCUT2D eigenvalue weighted by Crippen LogP contribution is -2.59. The Kier molecular flexibility index (Phi) is 21.3. The van der Waals surface area contributed by atoms with E-state index >= 15 is 0 Å². The first kappa shape index (κ1) is 60.4. The number of fused-ring (bicyclic) bond motifs is 3. The molecule has 4 bridgehead atoms. The summed E-state index contributed by atoms with van der Waals surface area (Å²) in [6.45, 7) is 14.0. The van der Waals surface area contributed by atoms with Crippen LogP contribution < -0.4 is 16.0 Å². The number of rotatable bonds is 9. The van der Waals surface area contributed by atoms with E-state index in [9.17, 15) is 43.5 Å². The highest BCUT2D eigenvalue weighted by atomic mass is 32.2. The van der Waals surface area contributed by atoms with E-state index < -0.39 is 114 Å². The number of cyclic esters (lactones) is 1. The van der Waals surface area contributed by atoms with Gasteiger partial charge in [-0.05, 0) is 75.8 Å². The Morgan fingerprint density at radius 2 is 1.26 bits per heavy atom. The summed E-state index contributed by atoms with van der Waals surface area (Å²) in [4.78, 5) is 131. The predicted molar refractivity (Wildman–Crippen MR) is 299 cm³/mol. The number of nitrogens with one attached hydrogen (secondary N) is 3. The van der Waals surface area contributed by atoms with Crippen molar-refractivity contribution in [2.75, 3.05) is 39.2 Å². The minimum atomic E-state index is -1.50. The largest absolute Gasteiger partial charge is 0.452 e. The smallest absolute Gasteiger partial charge is 0.311 e. The van der Waals surface area contributed by atoms with E-state index in [-0.39, 0.29) is 42.9 Å². The van der Waals surface area contributed by atoms with Crippen LogP contribution in [0.2, 0.25) is 0 Å². The van der Waals surface area contributed by atoms with Crippen molar-refractivity contribution in [3.63, 3.8) is 0 Å². The Morgan fingerprint density at radius 3 is 1.86 bits per heavy atom. The molecular weight excluding hydrogens is 1020 g/mol. The second-order valence-corrected chi connectivity index (χ2v) is 23.6. The maximum absolute atomic E-state index is 15.0. The number of aliphatic imine (C=N–C) groups is 2. The van der Waals surface area contributed by atoms with Crippen LogP contribution in [0.5, 0.6) is 0 Å². The molecule has 1 saturated heterocycles. The number of benzene rings is 2. The van der Waals surface area contributed by atoms with Crippen LogP contribution in [0.4, 0.5) is 0 Å². The van der Waals surface area contributed by atoms with Gasteiger partial charge in [0.2, 0.25) is 35.4 Å². The van der Waals surface area contributed by atoms with Crippen molar-refractivity contribution < 1.29 is 48.2 Å². The molecule has 12 atom stereocenters. The first-order chi connectivity index (χ1) is 36.5. The quantitative estimate of drug-likeness (QED) is 0.264. The lowest BCUT2D eigenvalue weighted by molar-refractivity contribution is -0.166. The zero-order chi connectivity index (χ0) is 56.4. The van der Waals surface area contributed by atoms with Crippen LogP contribution in [0.25, 0.3) is 0 Å². The number of hydrogen-bond acceptors (Lipinski definition) is 14. The van der Waals surface area contributed by atoms with E-state index in [1.165, 1.54) is 61.3 Å². The SMILES string of the molecule is CC[C@H]1NC(=O)[C@@H]2CSC(=N2)C(Cc2ccccc2)N(C)C(=O)[C@@H]2CCCN2C(=O)C(C(C)C)N(C)C(=O)[C@H](Cc2ccccc2)OC(=O)[C@H](C)[C@@H](C)NC(=O)[C@@H]([C@@H](C)O)NC(=O)C(CC(C)C)N(C)C(=O)[C@@H]2CSC1=N2. The summed E-state index contributed by atoms with van der Waals surface area (Å²) in [5.74, 6) is -5.45. The van der Waals surface area contributed by atoms with Gasteiger partial charge < -0.3 is 45.4 Å². The molecule has 3 unspecified atom stereocenters. The molecule has 0 saturated carbocycles. The predicted octanol–water partition coefficient (Wildman–Crippen LogP) is 3.50. The molecule has 2 aromatic carbocycles. The molecule has 420 valence electrons. The number of amides is 7. The fourth-order valence-electron chi connectivity index (χ4n) is 10.2. The molecule has 4 heterocycles. The van der Waals surface area contributed by atoms with E-state index in [2.05, 4.69) is 16.0 Å². The number of carbonyl (C=O) groups excluding carboxylic acids is 8. The molecule has 21 heteroatoms. The fraction of sp³-hybridized carbons (Fsp3) is 0.607. The van der Waals surface area contributed by atoms with Gasteiger partial charge in [0.05, 0.1) is 34.2 Å². The van der Waals surface area contributed by atoms with Crippen molar-refractivity contribution >= 4 is 80.9 Å². The van der Waals surface area contributed by atoms with Crippen molar-refractivity contribution in [2.45, 2.75) is 160 Å². The molecule has 0 aromatic heterocycles. The van der Waals surface area contributed by atoms with Gasteiger partial charge in [-0.2, -0.15) is 0 Å². The van der Waals surface area contributed by atoms with Crippen LogP contribution in [0, 0.1) is 17.8 Å². The van der Waals surface area contributed by atoms with E-state index in [1.807, 2.05) is 71.0 Å². The maximum atomic E-state index is 15.0. The van der Waals surface area contributed by atoms with Gasteiger partial charge in [0, 0.05) is 51.7 Å². The van der Waals surface area contributed by atoms with Gasteiger partial charge in [0.15, 0.2) is 6.10 Å². The average molecular weight is 1100 g/mol. The summed E-state index contributed by atoms with van der Waals surface area (Å²) in [5, 5.41) is 20.6. The number of hydrogen-bond donors (Lipinski definition) is 4. The first-order valence-electron chi connectivity index (χ1n) is 26.9. The number of likely N-dealkylation sites (N-methyl/N-ethyl adjacent to an activating group) is 3. The Morgan fingerprint density at radius 1 is 0.675 bits per heavy atom. The van der Waals surface area contributed by atoms with Gasteiger partial charge in [0.1, 0.15) is 36.3 Å². The lowest BCUT2D eigenvalue weighted by Gasteiger charge is -2.38. The standard InChI is InChI=1S/C56H79N9O10S2/c1-12-38-50-60-40(30-76-50)52(70)62(9)42(26-31(2)3)48(68)61-45(35(8)66)49(69)57-34(7)33(6)56(74)75-44(28-37-22-17-14-18-23-37)54(72)64(11)46(32(4)5)55(73)65-25-19-24-41(65)53(71)63(10)43(27-36-20-15-13-16-21-36)51-59-39(29-77-51)47(67)58-38/h13-18,20-23,31-35,38-46,66H,12,19,24-30H2,1-11H3,(H,57,69)(H,58,67)(H,61,68)/t33-,34-,35-,38-,39+,40+,41+,42?,43?,44+,45-,46?/m1/s1. The fourth-order valence-corrected chi connectivity index (χ4v) is 12.6. The summed E-state index contributed by atoms with van der Waals surface area (Å²) in [5.41, 5.74) is 1.62. The van der Waals surface area contributed by atoms with Gasteiger partial charge in [-0.15, -0.1) is 23.5 Å². The van der Waals surface area contributed by atoms with E-state index in [4.69, 9.17) is 14.7 Å². The second kappa shape index (κ2) is 27.2. The molecule has 2 aromatic rings. The molecule has 0 spiro atoms. The molecule has 1 fully saturated rings. The van der Waals surface area contributed by atoms with E-state index in [1.54, 1.807) is 48.0 Å². The topological polar surface area (TPSA) is 240 Å². The highest BCUT2D eigenvalue weighted by Gasteiger charge is 2.46. The van der Waals surface area contributed by atoms with Gasteiger partial charge in [-0.1, -0.05) is 95.3 Å². The highest BCUT2D eigenvalue weighted by molar-refractivity contribution is 8.14. The Bertz CT molecular complexity index is 2510. The van der Waals surface area contributed by atoms with Crippen molar-refractivity contribution in [3.8, 4) is 0 Å². The number of carbonyl (C=O) groups is 8. The number of thioether (sulfide) groups is 2. The summed E-state index contributed by atoms with van der Waals surface area (Å²) in [6, 6.07) is 10.4. The van der Waals surface area contributed by atoms with E-state index in [0.29, 0.717) is 47.1 Å². The number of ether oxygens (including phenoxy) is 1. The molecule has 7 amide bonds. The monoisotopic (exact) mass is 1100 g/mol. The highest BCUT2D eigenvalue weighted by Crippen LogP contribution is 2.31. The average Bonchev–Trinajstić information content (AvgIpc) is 4.23.